The summed E-state index contributed by atoms with van der Waals surface area (Å²) in [7, 11) is 0. The Morgan fingerprint density at radius 2 is 2.08 bits per heavy atom. The molecule has 2 atom stereocenters. The van der Waals surface area contributed by atoms with Crippen molar-refractivity contribution >= 4 is 17.6 Å². The topological polar surface area (TPSA) is 46.6 Å². The van der Waals surface area contributed by atoms with Gasteiger partial charge in [-0.1, -0.05) is 30.3 Å². The number of hydrogen-bond acceptors (Lipinski definition) is 3. The third-order valence-electron chi connectivity index (χ3n) is 5.20. The molecule has 0 aromatic heterocycles. The average molecular weight is 353 g/mol. The quantitative estimate of drug-likeness (QED) is 0.627. The van der Waals surface area contributed by atoms with Crippen molar-refractivity contribution in [2.45, 2.75) is 25.7 Å². The SMILES string of the molecule is CCOC(=O)C1C(=O)N2CCCc3cccc(c32)C1c1cccc(F)c1. The highest BCUT2D eigenvalue weighted by Crippen LogP contribution is 2.47. The van der Waals surface area contributed by atoms with Crippen molar-refractivity contribution in [3.8, 4) is 0 Å². The lowest BCUT2D eigenvalue weighted by atomic mass is 9.74. The summed E-state index contributed by atoms with van der Waals surface area (Å²) in [4.78, 5) is 27.6. The third-order valence-corrected chi connectivity index (χ3v) is 5.20. The highest BCUT2D eigenvalue weighted by atomic mass is 19.1. The molecule has 0 spiro atoms. The van der Waals surface area contributed by atoms with E-state index in [0.29, 0.717) is 12.1 Å². The van der Waals surface area contributed by atoms with Crippen LogP contribution >= 0.6 is 0 Å². The van der Waals surface area contributed by atoms with E-state index in [-0.39, 0.29) is 18.3 Å². The van der Waals surface area contributed by atoms with Crippen molar-refractivity contribution in [1.29, 1.82) is 0 Å². The lowest BCUT2D eigenvalue weighted by Crippen LogP contribution is -2.49. The molecule has 0 radical (unpaired) electrons. The molecule has 2 aliphatic rings. The highest BCUT2D eigenvalue weighted by Gasteiger charge is 2.47. The Morgan fingerprint density at radius 3 is 2.85 bits per heavy atom. The second-order valence-corrected chi connectivity index (χ2v) is 6.71. The number of carbonyl (C=O) groups is 2. The summed E-state index contributed by atoms with van der Waals surface area (Å²) in [5, 5.41) is 0. The summed E-state index contributed by atoms with van der Waals surface area (Å²) in [6, 6.07) is 12.0. The number of ether oxygens (including phenoxy) is 1. The van der Waals surface area contributed by atoms with Crippen LogP contribution in [0.15, 0.2) is 42.5 Å². The summed E-state index contributed by atoms with van der Waals surface area (Å²) in [6.07, 6.45) is 1.76. The number of nitrogens with zero attached hydrogens (tertiary/aromatic N) is 1. The van der Waals surface area contributed by atoms with Gasteiger partial charge in [0.25, 0.3) is 0 Å². The Labute approximate surface area is 151 Å². The predicted molar refractivity (Wildman–Crippen MR) is 95.5 cm³/mol. The highest BCUT2D eigenvalue weighted by molar-refractivity contribution is 6.10. The maximum absolute atomic E-state index is 13.9. The molecule has 4 nitrogen and oxygen atoms in total. The van der Waals surface area contributed by atoms with Gasteiger partial charge in [0.15, 0.2) is 0 Å². The summed E-state index contributed by atoms with van der Waals surface area (Å²) < 4.78 is 19.1. The minimum Gasteiger partial charge on any atom is -0.465 e. The fourth-order valence-electron chi connectivity index (χ4n) is 4.18. The van der Waals surface area contributed by atoms with Gasteiger partial charge in [0, 0.05) is 12.5 Å². The number of anilines is 1. The van der Waals surface area contributed by atoms with Crippen molar-refractivity contribution in [2.75, 3.05) is 18.1 Å². The number of para-hydroxylation sites is 1. The second kappa shape index (κ2) is 6.56. The monoisotopic (exact) mass is 353 g/mol. The smallest absolute Gasteiger partial charge is 0.319 e. The van der Waals surface area contributed by atoms with Gasteiger partial charge in [-0.2, -0.15) is 0 Å². The van der Waals surface area contributed by atoms with E-state index in [9.17, 15) is 14.0 Å². The van der Waals surface area contributed by atoms with E-state index in [4.69, 9.17) is 4.74 Å². The van der Waals surface area contributed by atoms with Crippen LogP contribution in [-0.2, 0) is 20.7 Å². The van der Waals surface area contributed by atoms with E-state index >= 15 is 0 Å². The predicted octanol–water partition coefficient (Wildman–Crippen LogP) is 3.43. The van der Waals surface area contributed by atoms with E-state index in [2.05, 4.69) is 0 Å². The van der Waals surface area contributed by atoms with Gasteiger partial charge in [0.1, 0.15) is 11.7 Å². The molecule has 2 unspecified atom stereocenters. The van der Waals surface area contributed by atoms with Crippen LogP contribution in [0.3, 0.4) is 0 Å². The molecule has 0 N–H and O–H groups in total. The summed E-state index contributed by atoms with van der Waals surface area (Å²) in [5.74, 6) is -2.71. The molecule has 134 valence electrons. The normalized spacial score (nSPS) is 21.3. The molecule has 0 bridgehead atoms. The summed E-state index contributed by atoms with van der Waals surface area (Å²) in [6.45, 7) is 2.51. The Balaban J connectivity index is 1.94. The van der Waals surface area contributed by atoms with E-state index in [1.54, 1.807) is 24.0 Å². The van der Waals surface area contributed by atoms with Gasteiger partial charge in [-0.25, -0.2) is 4.39 Å². The Bertz CT molecular complexity index is 879. The van der Waals surface area contributed by atoms with Crippen molar-refractivity contribution in [1.82, 2.24) is 0 Å². The number of esters is 1. The fraction of sp³-hybridized carbons (Fsp3) is 0.333. The van der Waals surface area contributed by atoms with Crippen LogP contribution in [0.5, 0.6) is 0 Å². The molecule has 1 amide bonds. The number of aryl methyl sites for hydroxylation is 1. The van der Waals surface area contributed by atoms with Crippen LogP contribution in [-0.4, -0.2) is 25.0 Å². The van der Waals surface area contributed by atoms with Crippen LogP contribution < -0.4 is 4.90 Å². The molecule has 2 aromatic rings. The van der Waals surface area contributed by atoms with Crippen LogP contribution in [0.25, 0.3) is 0 Å². The third kappa shape index (κ3) is 2.59. The number of halogens is 1. The molecular formula is C21H20FNO3. The minimum absolute atomic E-state index is 0.200. The van der Waals surface area contributed by atoms with Gasteiger partial charge < -0.3 is 9.64 Å². The lowest BCUT2D eigenvalue weighted by molar-refractivity contribution is -0.152. The number of carbonyl (C=O) groups excluding carboxylic acids is 2. The molecule has 0 saturated carbocycles. The zero-order valence-corrected chi connectivity index (χ0v) is 14.6. The Hall–Kier alpha value is -2.69. The Morgan fingerprint density at radius 1 is 1.27 bits per heavy atom. The number of rotatable bonds is 3. The summed E-state index contributed by atoms with van der Waals surface area (Å²) >= 11 is 0. The van der Waals surface area contributed by atoms with Crippen molar-refractivity contribution in [2.24, 2.45) is 5.92 Å². The first-order valence-electron chi connectivity index (χ1n) is 8.97. The minimum atomic E-state index is -0.988. The van der Waals surface area contributed by atoms with Crippen LogP contribution in [0.1, 0.15) is 36.0 Å². The molecule has 4 rings (SSSR count). The maximum Gasteiger partial charge on any atom is 0.319 e. The number of hydrogen-bond donors (Lipinski definition) is 0. The first-order valence-corrected chi connectivity index (χ1v) is 8.97. The largest absolute Gasteiger partial charge is 0.465 e. The zero-order chi connectivity index (χ0) is 18.3. The van der Waals surface area contributed by atoms with Crippen LogP contribution in [0.4, 0.5) is 10.1 Å². The van der Waals surface area contributed by atoms with Gasteiger partial charge >= 0.3 is 5.97 Å². The van der Waals surface area contributed by atoms with E-state index < -0.39 is 17.8 Å². The number of amides is 1. The van der Waals surface area contributed by atoms with E-state index in [1.165, 1.54) is 12.1 Å². The molecular weight excluding hydrogens is 333 g/mol. The first-order chi connectivity index (χ1) is 12.6. The molecule has 2 aliphatic heterocycles. The van der Waals surface area contributed by atoms with Crippen molar-refractivity contribution < 1.29 is 18.7 Å². The summed E-state index contributed by atoms with van der Waals surface area (Å²) in [5.41, 5.74) is 3.50. The van der Waals surface area contributed by atoms with Gasteiger partial charge in [-0.05, 0) is 48.6 Å². The van der Waals surface area contributed by atoms with Gasteiger partial charge in [-0.3, -0.25) is 9.59 Å². The molecule has 5 heteroatoms. The van der Waals surface area contributed by atoms with E-state index in [0.717, 1.165) is 29.7 Å². The van der Waals surface area contributed by atoms with Gasteiger partial charge in [-0.15, -0.1) is 0 Å². The van der Waals surface area contributed by atoms with Crippen molar-refractivity contribution in [3.63, 3.8) is 0 Å². The zero-order valence-electron chi connectivity index (χ0n) is 14.6. The Kier molecular flexibility index (Phi) is 4.23. The van der Waals surface area contributed by atoms with Gasteiger partial charge in [0.2, 0.25) is 5.91 Å². The molecule has 2 heterocycles. The molecule has 0 saturated heterocycles. The molecule has 0 aliphatic carbocycles. The standard InChI is InChI=1S/C21H20FNO3/c1-2-26-21(25)18-17(14-7-3-9-15(22)12-14)16-10-4-6-13-8-5-11-23(19(13)16)20(18)24/h3-4,6-7,9-10,12,17-18H,2,5,8,11H2,1H3. The van der Waals surface area contributed by atoms with Gasteiger partial charge in [0.05, 0.1) is 12.3 Å². The lowest BCUT2D eigenvalue weighted by Gasteiger charge is -2.41. The molecule has 2 aromatic carbocycles. The fourth-order valence-corrected chi connectivity index (χ4v) is 4.18. The van der Waals surface area contributed by atoms with Crippen LogP contribution in [0, 0.1) is 11.7 Å². The first kappa shape index (κ1) is 16.8. The van der Waals surface area contributed by atoms with E-state index in [1.807, 2.05) is 18.2 Å². The maximum atomic E-state index is 13.9. The molecule has 0 fully saturated rings. The number of benzene rings is 2. The second-order valence-electron chi connectivity index (χ2n) is 6.71. The van der Waals surface area contributed by atoms with Crippen molar-refractivity contribution in [3.05, 3.63) is 65.0 Å². The van der Waals surface area contributed by atoms with Crippen LogP contribution in [0.2, 0.25) is 0 Å². The average Bonchev–Trinajstić information content (AvgIpc) is 2.64. The molecule has 26 heavy (non-hydrogen) atoms.